The Morgan fingerprint density at radius 1 is 0.911 bits per heavy atom. The number of rotatable bonds is 10. The number of allylic oxidation sites excluding steroid dienone is 4. The molecule has 1 aromatic carbocycles. The molecule has 0 radical (unpaired) electrons. The zero-order chi connectivity index (χ0) is 41.0. The Labute approximate surface area is 337 Å². The van der Waals surface area contributed by atoms with E-state index in [1.54, 1.807) is 13.8 Å². The molecule has 0 aliphatic heterocycles. The van der Waals surface area contributed by atoms with Gasteiger partial charge >= 0.3 is 11.9 Å². The second kappa shape index (κ2) is 13.5. The lowest BCUT2D eigenvalue weighted by molar-refractivity contribution is -0.232. The zero-order valence-corrected chi connectivity index (χ0v) is 36.5. The average Bonchev–Trinajstić information content (AvgIpc) is 3.81. The third-order valence-electron chi connectivity index (χ3n) is 17.8. The van der Waals surface area contributed by atoms with Gasteiger partial charge in [0.2, 0.25) is 0 Å². The molecule has 6 heteroatoms. The lowest BCUT2D eigenvalue weighted by Gasteiger charge is -2.72. The molecule has 0 aromatic heterocycles. The van der Waals surface area contributed by atoms with Crippen LogP contribution in [0.25, 0.3) is 0 Å². The fourth-order valence-corrected chi connectivity index (χ4v) is 14.3. The van der Waals surface area contributed by atoms with Crippen LogP contribution in [0.4, 0.5) is 0 Å². The molecule has 1 N–H and O–H groups in total. The number of carboxylic acid groups (broad SMARTS) is 1. The van der Waals surface area contributed by atoms with E-state index in [4.69, 9.17) is 4.74 Å². The molecule has 6 nitrogen and oxygen atoms in total. The molecular weight excluding hydrogens is 697 g/mol. The molecule has 56 heavy (non-hydrogen) atoms. The first-order valence-corrected chi connectivity index (χ1v) is 22.0. The van der Waals surface area contributed by atoms with Crippen LogP contribution < -0.4 is 0 Å². The van der Waals surface area contributed by atoms with Gasteiger partial charge in [-0.05, 0) is 154 Å². The van der Waals surface area contributed by atoms with E-state index in [0.717, 1.165) is 75.4 Å². The van der Waals surface area contributed by atoms with Crippen LogP contribution in [0.5, 0.6) is 0 Å². The van der Waals surface area contributed by atoms with Crippen LogP contribution in [0.3, 0.4) is 0 Å². The fourth-order valence-electron chi connectivity index (χ4n) is 14.3. The maximum Gasteiger partial charge on any atom is 0.309 e. The summed E-state index contributed by atoms with van der Waals surface area (Å²) in [5.41, 5.74) is 4.10. The van der Waals surface area contributed by atoms with Crippen LogP contribution in [0.2, 0.25) is 0 Å². The molecule has 6 aliphatic rings. The molecule has 0 heterocycles. The lowest BCUT2D eigenvalue weighted by atomic mass is 9.33. The number of carbonyl (C=O) groups is 4. The number of ether oxygens (including phenoxy) is 1. The summed E-state index contributed by atoms with van der Waals surface area (Å²) in [6.45, 7) is 24.0. The van der Waals surface area contributed by atoms with E-state index in [1.807, 2.05) is 6.92 Å². The van der Waals surface area contributed by atoms with Crippen molar-refractivity contribution in [2.75, 3.05) is 0 Å². The van der Waals surface area contributed by atoms with Gasteiger partial charge in [-0.2, -0.15) is 0 Å². The molecule has 306 valence electrons. The molecule has 5 saturated carbocycles. The highest BCUT2D eigenvalue weighted by Crippen LogP contribution is 2.77. The van der Waals surface area contributed by atoms with Gasteiger partial charge in [-0.15, -0.1) is 0 Å². The van der Waals surface area contributed by atoms with Crippen molar-refractivity contribution in [3.05, 3.63) is 58.2 Å². The summed E-state index contributed by atoms with van der Waals surface area (Å²) in [5, 5.41) is 9.64. The van der Waals surface area contributed by atoms with Gasteiger partial charge < -0.3 is 9.84 Å². The quantitative estimate of drug-likeness (QED) is 0.188. The Bertz CT molecular complexity index is 1890. The number of Topliss-reactive ketones (excluding diaryl/α,β-unsaturated/α-hetero) is 2. The monoisotopic (exact) mass is 767 g/mol. The summed E-state index contributed by atoms with van der Waals surface area (Å²) < 4.78 is 6.19. The van der Waals surface area contributed by atoms with Crippen molar-refractivity contribution in [3.63, 3.8) is 0 Å². The summed E-state index contributed by atoms with van der Waals surface area (Å²) in [4.78, 5) is 53.3. The topological polar surface area (TPSA) is 97.7 Å². The van der Waals surface area contributed by atoms with Gasteiger partial charge in [-0.1, -0.05) is 84.4 Å². The second-order valence-electron chi connectivity index (χ2n) is 22.1. The van der Waals surface area contributed by atoms with Crippen LogP contribution >= 0.6 is 0 Å². The number of carboxylic acids is 1. The van der Waals surface area contributed by atoms with Crippen molar-refractivity contribution in [2.45, 2.75) is 171 Å². The van der Waals surface area contributed by atoms with E-state index in [9.17, 15) is 24.3 Å². The third-order valence-corrected chi connectivity index (χ3v) is 17.8. The standard InChI is InChI=1S/C50H70O6/c1-30(2)41-36(52)28-50(26-32(4)35(51)27-49(23-24-49)33-14-12-13-31(3)25-33)22-21-47(10)34(42(41)50)15-16-38-46(9)19-18-39(56-40(53)29-44(5,6)43(54)55)45(7,8)37(46)17-20-48(38,47)11/h12-14,25-26,30,34,37-39H,15-24,27-29H2,1-11H3,(H,54,55)/b32-26+/t34-,37+,38-,39+,46+,47-,48-,50-/m1/s1. The number of hydrogen-bond donors (Lipinski definition) is 1. The van der Waals surface area contributed by atoms with Crippen molar-refractivity contribution in [1.82, 2.24) is 0 Å². The Kier molecular flexibility index (Phi) is 9.93. The molecule has 5 fully saturated rings. The largest absolute Gasteiger partial charge is 0.481 e. The Morgan fingerprint density at radius 3 is 2.23 bits per heavy atom. The highest BCUT2D eigenvalue weighted by molar-refractivity contribution is 6.02. The van der Waals surface area contributed by atoms with Gasteiger partial charge in [-0.3, -0.25) is 19.2 Å². The molecule has 0 spiro atoms. The van der Waals surface area contributed by atoms with Crippen LogP contribution in [0.1, 0.15) is 164 Å². The van der Waals surface area contributed by atoms with Crippen LogP contribution in [0.15, 0.2) is 47.1 Å². The van der Waals surface area contributed by atoms with Gasteiger partial charge in [0.15, 0.2) is 11.6 Å². The van der Waals surface area contributed by atoms with Crippen molar-refractivity contribution in [3.8, 4) is 0 Å². The Hall–Kier alpha value is -3.02. The van der Waals surface area contributed by atoms with Gasteiger partial charge in [-0.25, -0.2) is 0 Å². The van der Waals surface area contributed by atoms with Gasteiger partial charge in [0.25, 0.3) is 0 Å². The first-order chi connectivity index (χ1) is 26.0. The Balaban J connectivity index is 1.17. The highest BCUT2D eigenvalue weighted by Gasteiger charge is 2.70. The number of ketones is 2. The number of carbonyl (C=O) groups excluding carboxylic acids is 3. The summed E-state index contributed by atoms with van der Waals surface area (Å²) in [5.74, 6) is 0.430. The minimum atomic E-state index is -1.16. The maximum absolute atomic E-state index is 14.2. The predicted octanol–water partition coefficient (Wildman–Crippen LogP) is 11.3. The maximum atomic E-state index is 14.2. The van der Waals surface area contributed by atoms with E-state index in [0.29, 0.717) is 36.4 Å². The summed E-state index contributed by atoms with van der Waals surface area (Å²) >= 11 is 0. The van der Waals surface area contributed by atoms with Crippen LogP contribution in [0, 0.1) is 63.1 Å². The van der Waals surface area contributed by atoms with E-state index >= 15 is 0 Å². The average molecular weight is 767 g/mol. The number of benzene rings is 1. The van der Waals surface area contributed by atoms with Crippen molar-refractivity contribution < 1.29 is 29.0 Å². The van der Waals surface area contributed by atoms with Gasteiger partial charge in [0, 0.05) is 29.1 Å². The second-order valence-corrected chi connectivity index (χ2v) is 22.1. The Morgan fingerprint density at radius 2 is 1.61 bits per heavy atom. The number of aliphatic carboxylic acids is 1. The first kappa shape index (κ1) is 41.2. The molecular formula is C50H70O6. The molecule has 6 aliphatic carbocycles. The molecule has 0 bridgehead atoms. The first-order valence-electron chi connectivity index (χ1n) is 22.0. The van der Waals surface area contributed by atoms with E-state index in [-0.39, 0.29) is 56.7 Å². The van der Waals surface area contributed by atoms with E-state index in [2.05, 4.69) is 85.7 Å². The van der Waals surface area contributed by atoms with E-state index < -0.39 is 17.4 Å². The smallest absolute Gasteiger partial charge is 0.309 e. The molecule has 0 saturated heterocycles. The normalized spacial score (nSPS) is 37.3. The minimum Gasteiger partial charge on any atom is -0.481 e. The molecule has 1 aromatic rings. The SMILES string of the molecule is C/C(=C\[C@@]12CC[C@]3(C)[C@H](CC[C@@H]4[C@@]5(C)CC[C@H](OC(=O)CC(C)(C)C(=O)O)C(C)(C)[C@@H]5CC[C@]43C)C1=C(C(C)C)C(=O)C2)C(=O)CC1(c2cccc(C)c2)CC1. The third kappa shape index (κ3) is 6.23. The molecule has 8 atom stereocenters. The lowest BCUT2D eigenvalue weighted by Crippen LogP contribution is -2.65. The summed E-state index contributed by atoms with van der Waals surface area (Å²) in [6.07, 6.45) is 13.1. The molecule has 7 rings (SSSR count). The van der Waals surface area contributed by atoms with Crippen LogP contribution in [-0.4, -0.2) is 34.7 Å². The van der Waals surface area contributed by atoms with Crippen molar-refractivity contribution in [2.24, 2.45) is 56.2 Å². The number of hydrogen-bond acceptors (Lipinski definition) is 5. The zero-order valence-electron chi connectivity index (χ0n) is 36.5. The number of aryl methyl sites for hydroxylation is 1. The summed E-state index contributed by atoms with van der Waals surface area (Å²) in [6, 6.07) is 8.68. The highest BCUT2D eigenvalue weighted by atomic mass is 16.5. The molecule has 0 amide bonds. The molecule has 0 unspecified atom stereocenters. The van der Waals surface area contributed by atoms with Crippen molar-refractivity contribution >= 4 is 23.5 Å². The van der Waals surface area contributed by atoms with Crippen molar-refractivity contribution in [1.29, 1.82) is 0 Å². The number of esters is 1. The van der Waals surface area contributed by atoms with Gasteiger partial charge in [0.1, 0.15) is 6.10 Å². The predicted molar refractivity (Wildman–Crippen MR) is 221 cm³/mol. The van der Waals surface area contributed by atoms with Gasteiger partial charge in [0.05, 0.1) is 11.8 Å². The van der Waals surface area contributed by atoms with E-state index in [1.165, 1.54) is 16.7 Å². The summed E-state index contributed by atoms with van der Waals surface area (Å²) in [7, 11) is 0. The minimum absolute atomic E-state index is 0.0123. The fraction of sp³-hybridized carbons (Fsp3) is 0.720. The number of fused-ring (bicyclic) bond motifs is 7. The van der Waals surface area contributed by atoms with Crippen LogP contribution in [-0.2, 0) is 29.3 Å².